The van der Waals surface area contributed by atoms with Crippen molar-refractivity contribution in [1.29, 1.82) is 0 Å². The van der Waals surface area contributed by atoms with Crippen LogP contribution in [0.5, 0.6) is 0 Å². The summed E-state index contributed by atoms with van der Waals surface area (Å²) in [7, 11) is 1.56. The molecule has 1 aromatic carbocycles. The maximum Gasteiger partial charge on any atom is 0.255 e. The second-order valence-electron chi connectivity index (χ2n) is 6.82. The Morgan fingerprint density at radius 1 is 1.46 bits per heavy atom. The molecule has 1 unspecified atom stereocenters. The lowest BCUT2D eigenvalue weighted by atomic mass is 9.96. The third-order valence-corrected chi connectivity index (χ3v) is 5.16. The summed E-state index contributed by atoms with van der Waals surface area (Å²) in [6.07, 6.45) is 3.18. The van der Waals surface area contributed by atoms with Gasteiger partial charge in [0.25, 0.3) is 5.91 Å². The number of hydrogen-bond acceptors (Lipinski definition) is 4. The summed E-state index contributed by atoms with van der Waals surface area (Å²) in [6.45, 7) is 2.39. The van der Waals surface area contributed by atoms with E-state index in [9.17, 15) is 14.4 Å². The highest BCUT2D eigenvalue weighted by Gasteiger charge is 2.42. The second-order valence-corrected chi connectivity index (χ2v) is 6.82. The van der Waals surface area contributed by atoms with Gasteiger partial charge in [-0.25, -0.2) is 0 Å². The quantitative estimate of drug-likeness (QED) is 0.761. The molecule has 0 aromatic heterocycles. The topological polar surface area (TPSA) is 92.5 Å². The summed E-state index contributed by atoms with van der Waals surface area (Å²) >= 11 is 0. The first-order valence-electron chi connectivity index (χ1n) is 8.29. The number of hydrogen-bond donors (Lipinski definition) is 2. The van der Waals surface area contributed by atoms with Gasteiger partial charge in [-0.2, -0.15) is 0 Å². The van der Waals surface area contributed by atoms with Gasteiger partial charge in [0.15, 0.2) is 0 Å². The van der Waals surface area contributed by atoms with Crippen LogP contribution in [0, 0.1) is 6.92 Å². The minimum atomic E-state index is -0.585. The van der Waals surface area contributed by atoms with Crippen LogP contribution in [0.2, 0.25) is 0 Å². The molecule has 24 heavy (non-hydrogen) atoms. The molecule has 0 saturated heterocycles. The number of carbonyl (C=O) groups excluding carboxylic acids is 3. The molecule has 0 spiro atoms. The van der Waals surface area contributed by atoms with Crippen LogP contribution in [0.25, 0.3) is 0 Å². The number of aldehydes is 1. The minimum absolute atomic E-state index is 0.136. The fourth-order valence-electron chi connectivity index (χ4n) is 3.29. The lowest BCUT2D eigenvalue weighted by molar-refractivity contribution is -0.121. The molecule has 3 N–H and O–H groups in total. The van der Waals surface area contributed by atoms with Crippen LogP contribution in [0.3, 0.4) is 0 Å². The molecule has 128 valence electrons. The van der Waals surface area contributed by atoms with Gasteiger partial charge in [0, 0.05) is 31.1 Å². The van der Waals surface area contributed by atoms with Crippen molar-refractivity contribution in [2.75, 3.05) is 7.05 Å². The van der Waals surface area contributed by atoms with E-state index in [-0.39, 0.29) is 23.8 Å². The van der Waals surface area contributed by atoms with Crippen molar-refractivity contribution >= 4 is 18.1 Å². The Morgan fingerprint density at radius 2 is 2.17 bits per heavy atom. The normalized spacial score (nSPS) is 19.0. The zero-order chi connectivity index (χ0) is 17.5. The van der Waals surface area contributed by atoms with Crippen molar-refractivity contribution in [2.24, 2.45) is 5.73 Å². The fourth-order valence-corrected chi connectivity index (χ4v) is 3.29. The average molecular weight is 329 g/mol. The molecule has 1 saturated carbocycles. The average Bonchev–Trinajstić information content (AvgIpc) is 3.24. The summed E-state index contributed by atoms with van der Waals surface area (Å²) in [5, 5.41) is 2.53. The van der Waals surface area contributed by atoms with Crippen molar-refractivity contribution in [3.8, 4) is 0 Å². The highest BCUT2D eigenvalue weighted by Crippen LogP contribution is 2.44. The molecule has 1 aliphatic heterocycles. The Bertz CT molecular complexity index is 710. The summed E-state index contributed by atoms with van der Waals surface area (Å²) in [5.74, 6) is -0.281. The zero-order valence-electron chi connectivity index (χ0n) is 14.1. The number of benzene rings is 1. The number of aryl methyl sites for hydroxylation is 1. The van der Waals surface area contributed by atoms with E-state index in [0.717, 1.165) is 35.8 Å². The van der Waals surface area contributed by atoms with E-state index in [1.54, 1.807) is 11.9 Å². The van der Waals surface area contributed by atoms with Gasteiger partial charge in [-0.15, -0.1) is 0 Å². The summed E-state index contributed by atoms with van der Waals surface area (Å²) in [6, 6.07) is 3.36. The molecular weight excluding hydrogens is 306 g/mol. The maximum absolute atomic E-state index is 12.8. The van der Waals surface area contributed by atoms with Gasteiger partial charge in [0.2, 0.25) is 5.91 Å². The first-order valence-corrected chi connectivity index (χ1v) is 8.29. The van der Waals surface area contributed by atoms with Crippen LogP contribution in [-0.2, 0) is 21.7 Å². The third-order valence-electron chi connectivity index (χ3n) is 5.16. The number of amides is 2. The van der Waals surface area contributed by atoms with Crippen LogP contribution >= 0.6 is 0 Å². The van der Waals surface area contributed by atoms with Gasteiger partial charge in [0.05, 0.1) is 6.04 Å². The second kappa shape index (κ2) is 6.02. The molecular formula is C18H23N3O3. The van der Waals surface area contributed by atoms with Crippen molar-refractivity contribution in [3.63, 3.8) is 0 Å². The molecule has 3 rings (SSSR count). The molecule has 2 amide bonds. The Labute approximate surface area is 141 Å². The molecule has 1 fully saturated rings. The monoisotopic (exact) mass is 329 g/mol. The van der Waals surface area contributed by atoms with Crippen LogP contribution < -0.4 is 11.1 Å². The lowest BCUT2D eigenvalue weighted by Gasteiger charge is -2.22. The summed E-state index contributed by atoms with van der Waals surface area (Å²) in [5.41, 5.74) is 9.61. The highest BCUT2D eigenvalue weighted by molar-refractivity contribution is 6.00. The smallest absolute Gasteiger partial charge is 0.255 e. The Balaban J connectivity index is 1.83. The van der Waals surface area contributed by atoms with E-state index in [1.807, 2.05) is 13.0 Å². The molecule has 1 aliphatic carbocycles. The van der Waals surface area contributed by atoms with Crippen molar-refractivity contribution < 1.29 is 14.4 Å². The van der Waals surface area contributed by atoms with Crippen LogP contribution in [0.1, 0.15) is 52.7 Å². The Kier molecular flexibility index (Phi) is 4.17. The van der Waals surface area contributed by atoms with E-state index < -0.39 is 6.04 Å². The molecule has 1 aromatic rings. The van der Waals surface area contributed by atoms with Crippen molar-refractivity contribution in [1.82, 2.24) is 10.2 Å². The van der Waals surface area contributed by atoms with Crippen LogP contribution in [0.4, 0.5) is 0 Å². The van der Waals surface area contributed by atoms with Crippen LogP contribution in [-0.4, -0.2) is 36.1 Å². The number of nitrogens with one attached hydrogen (secondary N) is 1. The molecule has 1 heterocycles. The number of nitrogens with two attached hydrogens (primary N) is 1. The van der Waals surface area contributed by atoms with Gasteiger partial charge in [-0.05, 0) is 48.9 Å². The molecule has 0 radical (unpaired) electrons. The largest absolute Gasteiger partial charge is 0.359 e. The number of rotatable bonds is 6. The SMILES string of the molecule is CNC(=O)CCC(C=O)N1Cc2c(C)cc(C3(N)CC3)cc2C1=O. The number of nitrogens with zero attached hydrogens (tertiary/aromatic N) is 1. The summed E-state index contributed by atoms with van der Waals surface area (Å²) < 4.78 is 0. The fraction of sp³-hybridized carbons (Fsp3) is 0.500. The Hall–Kier alpha value is -2.21. The molecule has 0 bridgehead atoms. The van der Waals surface area contributed by atoms with E-state index >= 15 is 0 Å². The van der Waals surface area contributed by atoms with E-state index in [4.69, 9.17) is 5.73 Å². The standard InChI is InChI=1S/C18H23N3O3/c1-11-7-12(18(19)5-6-18)8-14-15(11)9-21(17(14)24)13(10-22)3-4-16(23)20-2/h7-8,10,13H,3-6,9,19H2,1-2H3,(H,20,23). The number of fused-ring (bicyclic) bond motifs is 1. The Morgan fingerprint density at radius 3 is 2.75 bits per heavy atom. The highest BCUT2D eigenvalue weighted by atomic mass is 16.2. The lowest BCUT2D eigenvalue weighted by Crippen LogP contribution is -2.37. The van der Waals surface area contributed by atoms with Crippen molar-refractivity contribution in [3.05, 3.63) is 34.4 Å². The maximum atomic E-state index is 12.8. The van der Waals surface area contributed by atoms with Gasteiger partial charge in [0.1, 0.15) is 6.29 Å². The van der Waals surface area contributed by atoms with E-state index in [2.05, 4.69) is 11.4 Å². The summed E-state index contributed by atoms with van der Waals surface area (Å²) in [4.78, 5) is 37.2. The zero-order valence-corrected chi connectivity index (χ0v) is 14.1. The molecule has 6 nitrogen and oxygen atoms in total. The molecule has 1 atom stereocenters. The van der Waals surface area contributed by atoms with Gasteiger partial charge in [-0.1, -0.05) is 6.07 Å². The van der Waals surface area contributed by atoms with Gasteiger partial charge in [-0.3, -0.25) is 9.59 Å². The number of carbonyl (C=O) groups is 3. The molecule has 2 aliphatic rings. The van der Waals surface area contributed by atoms with E-state index in [0.29, 0.717) is 18.5 Å². The predicted octanol–water partition coefficient (Wildman–Crippen LogP) is 0.992. The molecule has 6 heteroatoms. The van der Waals surface area contributed by atoms with Gasteiger partial charge >= 0.3 is 0 Å². The third kappa shape index (κ3) is 2.82. The first-order chi connectivity index (χ1) is 11.4. The van der Waals surface area contributed by atoms with Gasteiger partial charge < -0.3 is 20.7 Å². The minimum Gasteiger partial charge on any atom is -0.359 e. The van der Waals surface area contributed by atoms with E-state index in [1.165, 1.54) is 0 Å². The van der Waals surface area contributed by atoms with Crippen molar-refractivity contribution in [2.45, 2.75) is 50.7 Å². The predicted molar refractivity (Wildman–Crippen MR) is 89.3 cm³/mol. The van der Waals surface area contributed by atoms with Crippen LogP contribution in [0.15, 0.2) is 12.1 Å². The first kappa shape index (κ1) is 16.6.